The summed E-state index contributed by atoms with van der Waals surface area (Å²) in [5.41, 5.74) is 3.56. The number of fused-ring (bicyclic) bond motifs is 3. The molecule has 4 N–H and O–H groups in total. The normalized spacial score (nSPS) is 13.7. The zero-order chi connectivity index (χ0) is 30.5. The van der Waals surface area contributed by atoms with Crippen molar-refractivity contribution in [3.8, 4) is 11.4 Å². The number of ether oxygens (including phenoxy) is 1. The summed E-state index contributed by atoms with van der Waals surface area (Å²) in [4.78, 5) is 29.9. The average Bonchev–Trinajstić information content (AvgIpc) is 3.33. The first-order valence-corrected chi connectivity index (χ1v) is 14.2. The van der Waals surface area contributed by atoms with Crippen molar-refractivity contribution in [3.63, 3.8) is 0 Å². The first kappa shape index (κ1) is 30.0. The third-order valence-electron chi connectivity index (χ3n) is 6.88. The van der Waals surface area contributed by atoms with Crippen LogP contribution in [0, 0.1) is 6.92 Å². The molecule has 1 aliphatic rings. The predicted molar refractivity (Wildman–Crippen MR) is 163 cm³/mol. The van der Waals surface area contributed by atoms with Gasteiger partial charge < -0.3 is 25.4 Å². The van der Waals surface area contributed by atoms with E-state index in [-0.39, 0.29) is 17.3 Å². The lowest BCUT2D eigenvalue weighted by molar-refractivity contribution is -0.121. The smallest absolute Gasteiger partial charge is 0.488 e. The van der Waals surface area contributed by atoms with E-state index in [1.165, 1.54) is 12.1 Å². The Morgan fingerprint density at radius 3 is 2.60 bits per heavy atom. The number of carbonyl (C=O) groups is 2. The molecule has 5 rings (SSSR count). The Balaban J connectivity index is 1.36. The second kappa shape index (κ2) is 13.2. The van der Waals surface area contributed by atoms with Crippen molar-refractivity contribution in [1.29, 1.82) is 0 Å². The van der Waals surface area contributed by atoms with E-state index in [1.807, 2.05) is 41.8 Å². The van der Waals surface area contributed by atoms with Crippen LogP contribution in [0.15, 0.2) is 71.7 Å². The number of rotatable bonds is 10. The minimum Gasteiger partial charge on any atom is -0.494 e. The Hall–Kier alpha value is -4.52. The summed E-state index contributed by atoms with van der Waals surface area (Å²) in [5, 5.41) is 33.7. The van der Waals surface area contributed by atoms with Gasteiger partial charge in [0.1, 0.15) is 11.6 Å². The number of benzene rings is 3. The molecular weight excluding hydrogens is 571 g/mol. The van der Waals surface area contributed by atoms with Gasteiger partial charge >= 0.3 is 7.12 Å². The number of hydrogen-bond donors (Lipinski definition) is 4. The van der Waals surface area contributed by atoms with Crippen LogP contribution >= 0.6 is 11.6 Å². The molecule has 220 valence electrons. The molecule has 1 aromatic heterocycles. The maximum atomic E-state index is 12.5. The van der Waals surface area contributed by atoms with E-state index in [0.717, 1.165) is 16.8 Å². The largest absolute Gasteiger partial charge is 0.494 e. The highest BCUT2D eigenvalue weighted by molar-refractivity contribution is 6.58. The molecule has 0 unspecified atom stereocenters. The zero-order valence-corrected chi connectivity index (χ0v) is 24.4. The molecule has 4 aromatic rings. The molecule has 1 atom stereocenters. The highest BCUT2D eigenvalue weighted by atomic mass is 35.5. The molecule has 0 bridgehead atoms. The third kappa shape index (κ3) is 6.77. The molecule has 2 amide bonds. The van der Waals surface area contributed by atoms with E-state index in [1.54, 1.807) is 31.2 Å². The topological polar surface area (TPSA) is 151 Å². The van der Waals surface area contributed by atoms with Gasteiger partial charge in [0.05, 0.1) is 18.0 Å². The minimum absolute atomic E-state index is 0.169. The van der Waals surface area contributed by atoms with Crippen LogP contribution in [0.3, 0.4) is 0 Å². The van der Waals surface area contributed by atoms with Crippen molar-refractivity contribution < 1.29 is 24.4 Å². The van der Waals surface area contributed by atoms with E-state index in [0.29, 0.717) is 59.7 Å². The first-order chi connectivity index (χ1) is 20.7. The molecule has 11 nitrogen and oxygen atoms in total. The molecule has 1 aliphatic heterocycles. The first-order valence-electron chi connectivity index (χ1n) is 13.8. The van der Waals surface area contributed by atoms with Crippen LogP contribution in [0.1, 0.15) is 59.1 Å². The van der Waals surface area contributed by atoms with E-state index in [2.05, 4.69) is 20.8 Å². The van der Waals surface area contributed by atoms with Gasteiger partial charge in [0.2, 0.25) is 5.91 Å². The minimum atomic E-state index is -1.64. The molecule has 2 heterocycles. The summed E-state index contributed by atoms with van der Waals surface area (Å²) >= 11 is 6.17. The maximum absolute atomic E-state index is 12.5. The van der Waals surface area contributed by atoms with E-state index in [4.69, 9.17) is 21.3 Å². The molecule has 0 saturated carbocycles. The fourth-order valence-electron chi connectivity index (χ4n) is 4.70. The number of aryl methyl sites for hydroxylation is 1. The Labute approximate surface area is 253 Å². The van der Waals surface area contributed by atoms with Gasteiger partial charge in [-0.25, -0.2) is 0 Å². The van der Waals surface area contributed by atoms with Gasteiger partial charge in [-0.2, -0.15) is 0 Å². The molecule has 0 saturated heterocycles. The van der Waals surface area contributed by atoms with Gasteiger partial charge in [-0.1, -0.05) is 42.8 Å². The number of hydrogen-bond acceptors (Lipinski definition) is 8. The number of nitrogens with zero attached hydrogens (tertiary/aromatic N) is 4. The van der Waals surface area contributed by atoms with Crippen molar-refractivity contribution in [3.05, 3.63) is 100 Å². The summed E-state index contributed by atoms with van der Waals surface area (Å²) in [6, 6.07) is 19.1. The number of nitrogens with one attached hydrogen (secondary N) is 2. The third-order valence-corrected chi connectivity index (χ3v) is 7.13. The van der Waals surface area contributed by atoms with Gasteiger partial charge in [-0.05, 0) is 61.3 Å². The highest BCUT2D eigenvalue weighted by Gasteiger charge is 2.29. The molecule has 0 aliphatic carbocycles. The maximum Gasteiger partial charge on any atom is 0.488 e. The van der Waals surface area contributed by atoms with Gasteiger partial charge in [-0.15, -0.1) is 10.2 Å². The summed E-state index contributed by atoms with van der Waals surface area (Å²) in [5.74, 6) is 1.24. The second-order valence-electron chi connectivity index (χ2n) is 9.89. The van der Waals surface area contributed by atoms with Crippen LogP contribution in [0.2, 0.25) is 5.02 Å². The fourth-order valence-corrected chi connectivity index (χ4v) is 4.82. The lowest BCUT2D eigenvalue weighted by Gasteiger charge is -2.15. The van der Waals surface area contributed by atoms with Crippen molar-refractivity contribution in [2.24, 2.45) is 4.99 Å². The number of aromatic nitrogens is 3. The molecule has 3 aromatic carbocycles. The zero-order valence-electron chi connectivity index (χ0n) is 23.6. The molecule has 0 spiro atoms. The van der Waals surface area contributed by atoms with E-state index < -0.39 is 13.3 Å². The SMILES string of the molecule is CCC(=O)N[C@@H]1N=C(c2ccc(Cl)cc2)c2cc(OCCCNC(=O)c3cccc(B(O)O)c3)ccc2-n2c(C)nnc21. The van der Waals surface area contributed by atoms with Crippen LogP contribution in [0.5, 0.6) is 5.75 Å². The van der Waals surface area contributed by atoms with Gasteiger partial charge in [-0.3, -0.25) is 19.1 Å². The lowest BCUT2D eigenvalue weighted by atomic mass is 9.79. The van der Waals surface area contributed by atoms with Gasteiger partial charge in [0.25, 0.3) is 5.91 Å². The van der Waals surface area contributed by atoms with Crippen LogP contribution in [-0.2, 0) is 4.79 Å². The van der Waals surface area contributed by atoms with Gasteiger partial charge in [0.15, 0.2) is 12.0 Å². The van der Waals surface area contributed by atoms with Crippen LogP contribution < -0.4 is 20.8 Å². The Morgan fingerprint density at radius 1 is 1.07 bits per heavy atom. The van der Waals surface area contributed by atoms with Crippen molar-refractivity contribution in [2.45, 2.75) is 32.9 Å². The average molecular weight is 601 g/mol. The lowest BCUT2D eigenvalue weighted by Crippen LogP contribution is -2.32. The highest BCUT2D eigenvalue weighted by Crippen LogP contribution is 2.32. The Bertz CT molecular complexity index is 1670. The fraction of sp³-hybridized carbons (Fsp3) is 0.233. The van der Waals surface area contributed by atoms with E-state index in [9.17, 15) is 19.6 Å². The van der Waals surface area contributed by atoms with Crippen molar-refractivity contribution in [2.75, 3.05) is 13.2 Å². The number of amides is 2. The standard InChI is InChI=1S/C30H30BClN6O5/c1-3-26(39)34-28-29-37-36-18(2)38(29)25-13-12-23(17-24(25)27(35-28)19-8-10-22(32)11-9-19)43-15-5-14-33-30(40)20-6-4-7-21(16-20)31(41)42/h4,6-13,16-17,28,41-42H,3,5,14-15H2,1-2H3,(H,33,40)(H,34,39)/t28-/m1/s1. The quantitative estimate of drug-likeness (QED) is 0.161. The number of carbonyl (C=O) groups excluding carboxylic acids is 2. The number of halogens is 1. The Kier molecular flexibility index (Phi) is 9.20. The molecule has 13 heteroatoms. The number of aliphatic imine (C=N–C) groups is 1. The van der Waals surface area contributed by atoms with Crippen molar-refractivity contribution in [1.82, 2.24) is 25.4 Å². The van der Waals surface area contributed by atoms with Crippen LogP contribution in [-0.4, -0.2) is 62.6 Å². The van der Waals surface area contributed by atoms with Crippen LogP contribution in [0.4, 0.5) is 0 Å². The second-order valence-corrected chi connectivity index (χ2v) is 10.3. The molecule has 0 radical (unpaired) electrons. The predicted octanol–water partition coefficient (Wildman–Crippen LogP) is 2.48. The molecule has 43 heavy (non-hydrogen) atoms. The van der Waals surface area contributed by atoms with Crippen LogP contribution in [0.25, 0.3) is 5.69 Å². The Morgan fingerprint density at radius 2 is 1.86 bits per heavy atom. The van der Waals surface area contributed by atoms with Gasteiger partial charge in [0, 0.05) is 34.7 Å². The molecule has 0 fully saturated rings. The summed E-state index contributed by atoms with van der Waals surface area (Å²) in [6.07, 6.45) is 0.0586. The van der Waals surface area contributed by atoms with Crippen molar-refractivity contribution >= 4 is 41.7 Å². The monoisotopic (exact) mass is 600 g/mol. The summed E-state index contributed by atoms with van der Waals surface area (Å²) in [6.45, 7) is 4.30. The summed E-state index contributed by atoms with van der Waals surface area (Å²) < 4.78 is 7.94. The van der Waals surface area contributed by atoms with E-state index >= 15 is 0 Å². The summed E-state index contributed by atoms with van der Waals surface area (Å²) in [7, 11) is -1.64. The molecular formula is C30H30BClN6O5.